The Morgan fingerprint density at radius 1 is 1.17 bits per heavy atom. The Morgan fingerprint density at radius 2 is 1.87 bits per heavy atom. The van der Waals surface area contributed by atoms with Gasteiger partial charge in [0.05, 0.1) is 6.54 Å². The Kier molecular flexibility index (Phi) is 8.17. The van der Waals surface area contributed by atoms with Crippen molar-refractivity contribution in [3.63, 3.8) is 0 Å². The van der Waals surface area contributed by atoms with E-state index in [9.17, 15) is 4.79 Å². The van der Waals surface area contributed by atoms with Gasteiger partial charge in [0, 0.05) is 38.5 Å². The lowest BCUT2D eigenvalue weighted by Crippen LogP contribution is -2.47. The topological polar surface area (TPSA) is 56.7 Å². The first-order chi connectivity index (χ1) is 14.6. The van der Waals surface area contributed by atoms with E-state index < -0.39 is 0 Å². The van der Waals surface area contributed by atoms with E-state index in [0.29, 0.717) is 12.3 Å². The molecule has 1 aliphatic carbocycles. The van der Waals surface area contributed by atoms with Gasteiger partial charge >= 0.3 is 0 Å². The van der Waals surface area contributed by atoms with Crippen LogP contribution in [-0.2, 0) is 10.2 Å². The Hall–Kier alpha value is -2.04. The Morgan fingerprint density at radius 3 is 2.50 bits per heavy atom. The standard InChI is InChI=1S/C25H40N4O/c1-4-27-24(29-16-12-21(13-17-29)18-23(30)26-3)28-19-25(14-8-5-9-15-25)22-11-7-6-10-20(22)2/h6-7,10-11,21H,4-5,8-9,12-19H2,1-3H3,(H,26,30)(H,27,28). The molecule has 0 unspecified atom stereocenters. The van der Waals surface area contributed by atoms with Crippen LogP contribution in [0.1, 0.15) is 69.4 Å². The van der Waals surface area contributed by atoms with Crippen LogP contribution in [0.5, 0.6) is 0 Å². The minimum absolute atomic E-state index is 0.159. The number of piperidine rings is 1. The smallest absolute Gasteiger partial charge is 0.220 e. The van der Waals surface area contributed by atoms with E-state index in [0.717, 1.165) is 45.0 Å². The molecular formula is C25H40N4O. The number of nitrogens with zero attached hydrogens (tertiary/aromatic N) is 2. The van der Waals surface area contributed by atoms with Gasteiger partial charge in [0.1, 0.15) is 0 Å². The minimum atomic E-state index is 0.159. The molecule has 0 radical (unpaired) electrons. The predicted octanol–water partition coefficient (Wildman–Crippen LogP) is 4.01. The van der Waals surface area contributed by atoms with Crippen molar-refractivity contribution in [2.45, 2.75) is 70.6 Å². The number of benzene rings is 1. The van der Waals surface area contributed by atoms with Gasteiger partial charge in [0.15, 0.2) is 5.96 Å². The average molecular weight is 413 g/mol. The first-order valence-corrected chi connectivity index (χ1v) is 11.9. The number of hydrogen-bond acceptors (Lipinski definition) is 2. The Bertz CT molecular complexity index is 716. The molecule has 1 saturated carbocycles. The van der Waals surface area contributed by atoms with E-state index in [-0.39, 0.29) is 11.3 Å². The molecule has 0 spiro atoms. The van der Waals surface area contributed by atoms with Crippen LogP contribution in [-0.4, -0.2) is 50.0 Å². The summed E-state index contributed by atoms with van der Waals surface area (Å²) in [6.07, 6.45) is 9.16. The molecule has 1 aromatic carbocycles. The number of hydrogen-bond donors (Lipinski definition) is 2. The average Bonchev–Trinajstić information content (AvgIpc) is 2.78. The molecule has 5 heteroatoms. The zero-order valence-corrected chi connectivity index (χ0v) is 19.2. The number of carbonyl (C=O) groups is 1. The van der Waals surface area contributed by atoms with Crippen molar-refractivity contribution in [1.29, 1.82) is 0 Å². The fourth-order valence-electron chi connectivity index (χ4n) is 5.27. The van der Waals surface area contributed by atoms with E-state index in [1.54, 1.807) is 7.05 Å². The first kappa shape index (κ1) is 22.6. The highest BCUT2D eigenvalue weighted by Crippen LogP contribution is 2.41. The summed E-state index contributed by atoms with van der Waals surface area (Å²) in [6, 6.07) is 8.90. The largest absolute Gasteiger partial charge is 0.359 e. The molecule has 3 rings (SSSR count). The van der Waals surface area contributed by atoms with Gasteiger partial charge in [0.25, 0.3) is 0 Å². The van der Waals surface area contributed by atoms with Crippen molar-refractivity contribution in [3.05, 3.63) is 35.4 Å². The molecule has 0 atom stereocenters. The number of guanidine groups is 1. The number of aryl methyl sites for hydroxylation is 1. The molecule has 1 aromatic rings. The molecule has 1 amide bonds. The summed E-state index contributed by atoms with van der Waals surface area (Å²) in [5.41, 5.74) is 3.06. The highest BCUT2D eigenvalue weighted by Gasteiger charge is 2.35. The van der Waals surface area contributed by atoms with Gasteiger partial charge in [-0.3, -0.25) is 9.79 Å². The van der Waals surface area contributed by atoms with Crippen LogP contribution >= 0.6 is 0 Å². The molecule has 2 aliphatic rings. The van der Waals surface area contributed by atoms with Crippen LogP contribution in [0.4, 0.5) is 0 Å². The third-order valence-electron chi connectivity index (χ3n) is 7.06. The molecule has 0 bridgehead atoms. The lowest BCUT2D eigenvalue weighted by atomic mass is 9.68. The molecule has 2 fully saturated rings. The quantitative estimate of drug-likeness (QED) is 0.548. The van der Waals surface area contributed by atoms with Crippen molar-refractivity contribution in [2.75, 3.05) is 33.2 Å². The summed E-state index contributed by atoms with van der Waals surface area (Å²) >= 11 is 0. The summed E-state index contributed by atoms with van der Waals surface area (Å²) in [5.74, 6) is 1.70. The van der Waals surface area contributed by atoms with Gasteiger partial charge < -0.3 is 15.5 Å². The molecule has 1 heterocycles. The summed E-state index contributed by atoms with van der Waals surface area (Å²) < 4.78 is 0. The van der Waals surface area contributed by atoms with E-state index in [4.69, 9.17) is 4.99 Å². The van der Waals surface area contributed by atoms with E-state index >= 15 is 0 Å². The summed E-state index contributed by atoms with van der Waals surface area (Å²) in [4.78, 5) is 19.3. The maximum atomic E-state index is 11.7. The normalized spacial score (nSPS) is 20.1. The predicted molar refractivity (Wildman–Crippen MR) is 125 cm³/mol. The monoisotopic (exact) mass is 412 g/mol. The minimum Gasteiger partial charge on any atom is -0.359 e. The second-order valence-electron chi connectivity index (χ2n) is 9.13. The molecule has 1 saturated heterocycles. The Labute approximate surface area is 182 Å². The highest BCUT2D eigenvalue weighted by atomic mass is 16.1. The van der Waals surface area contributed by atoms with Gasteiger partial charge in [-0.25, -0.2) is 0 Å². The Balaban J connectivity index is 1.73. The molecule has 1 aliphatic heterocycles. The highest BCUT2D eigenvalue weighted by molar-refractivity contribution is 5.80. The number of amides is 1. The fraction of sp³-hybridized carbons (Fsp3) is 0.680. The first-order valence-electron chi connectivity index (χ1n) is 11.9. The number of rotatable bonds is 6. The molecule has 2 N–H and O–H groups in total. The molecular weight excluding hydrogens is 372 g/mol. The van der Waals surface area contributed by atoms with Crippen molar-refractivity contribution < 1.29 is 4.79 Å². The number of aliphatic imine (C=N–C) groups is 1. The molecule has 30 heavy (non-hydrogen) atoms. The number of carbonyl (C=O) groups excluding carboxylic acids is 1. The van der Waals surface area contributed by atoms with Crippen LogP contribution in [0, 0.1) is 12.8 Å². The van der Waals surface area contributed by atoms with E-state index in [2.05, 4.69) is 53.6 Å². The van der Waals surface area contributed by atoms with E-state index in [1.165, 1.54) is 43.2 Å². The van der Waals surface area contributed by atoms with Gasteiger partial charge in [-0.1, -0.05) is 43.5 Å². The van der Waals surface area contributed by atoms with Crippen LogP contribution in [0.2, 0.25) is 0 Å². The van der Waals surface area contributed by atoms with Gasteiger partial charge in [-0.05, 0) is 56.6 Å². The third-order valence-corrected chi connectivity index (χ3v) is 7.06. The van der Waals surface area contributed by atoms with Crippen LogP contribution < -0.4 is 10.6 Å². The third kappa shape index (κ3) is 5.55. The lowest BCUT2D eigenvalue weighted by molar-refractivity contribution is -0.121. The van der Waals surface area contributed by atoms with Gasteiger partial charge in [0.2, 0.25) is 5.91 Å². The second-order valence-corrected chi connectivity index (χ2v) is 9.13. The van der Waals surface area contributed by atoms with Gasteiger partial charge in [-0.15, -0.1) is 0 Å². The summed E-state index contributed by atoms with van der Waals surface area (Å²) in [5, 5.41) is 6.30. The van der Waals surface area contributed by atoms with Crippen LogP contribution in [0.15, 0.2) is 29.3 Å². The van der Waals surface area contributed by atoms with Crippen molar-refractivity contribution >= 4 is 11.9 Å². The van der Waals surface area contributed by atoms with Crippen molar-refractivity contribution in [2.24, 2.45) is 10.9 Å². The summed E-state index contributed by atoms with van der Waals surface area (Å²) in [7, 11) is 1.73. The van der Waals surface area contributed by atoms with Crippen LogP contribution in [0.3, 0.4) is 0 Å². The number of nitrogens with one attached hydrogen (secondary N) is 2. The molecule has 166 valence electrons. The number of likely N-dealkylation sites (tertiary alicyclic amines) is 1. The van der Waals surface area contributed by atoms with Gasteiger partial charge in [-0.2, -0.15) is 0 Å². The fourth-order valence-corrected chi connectivity index (χ4v) is 5.27. The molecule has 5 nitrogen and oxygen atoms in total. The zero-order chi connectivity index (χ0) is 21.4. The maximum absolute atomic E-state index is 11.7. The summed E-state index contributed by atoms with van der Waals surface area (Å²) in [6.45, 7) is 8.09. The van der Waals surface area contributed by atoms with Crippen molar-refractivity contribution in [1.82, 2.24) is 15.5 Å². The zero-order valence-electron chi connectivity index (χ0n) is 19.2. The second kappa shape index (κ2) is 10.8. The van der Waals surface area contributed by atoms with Crippen molar-refractivity contribution in [3.8, 4) is 0 Å². The van der Waals surface area contributed by atoms with E-state index in [1.807, 2.05) is 0 Å². The SMILES string of the molecule is CCNC(=NCC1(c2ccccc2C)CCCCC1)N1CCC(CC(=O)NC)CC1. The lowest BCUT2D eigenvalue weighted by Gasteiger charge is -2.39. The van der Waals surface area contributed by atoms with Crippen LogP contribution in [0.25, 0.3) is 0 Å². The molecule has 0 aromatic heterocycles. The maximum Gasteiger partial charge on any atom is 0.220 e.